The second-order valence-corrected chi connectivity index (χ2v) is 22.1. The summed E-state index contributed by atoms with van der Waals surface area (Å²) < 4.78 is 34.6. The van der Waals surface area contributed by atoms with Gasteiger partial charge in [0.15, 0.2) is 6.10 Å². The second-order valence-electron chi connectivity index (χ2n) is 20.6. The van der Waals surface area contributed by atoms with Gasteiger partial charge in [-0.3, -0.25) is 18.6 Å². The van der Waals surface area contributed by atoms with E-state index in [0.717, 1.165) is 109 Å². The van der Waals surface area contributed by atoms with Gasteiger partial charge >= 0.3 is 19.8 Å². The highest BCUT2D eigenvalue weighted by molar-refractivity contribution is 7.47. The van der Waals surface area contributed by atoms with Crippen LogP contribution in [0, 0.1) is 0 Å². The highest BCUT2D eigenvalue weighted by Gasteiger charge is 2.27. The molecule has 0 saturated carbocycles. The van der Waals surface area contributed by atoms with Crippen LogP contribution in [0.25, 0.3) is 0 Å². The molecular weight excluding hydrogens is 942 g/mol. The summed E-state index contributed by atoms with van der Waals surface area (Å²) in [6, 6.07) is 0. The Balaban J connectivity index is 4.23. The van der Waals surface area contributed by atoms with Crippen molar-refractivity contribution in [3.63, 3.8) is 0 Å². The highest BCUT2D eigenvalue weighted by Crippen LogP contribution is 2.43. The number of carbonyl (C=O) groups is 2. The topological polar surface area (TPSA) is 108 Å². The normalized spacial score (nSPS) is 14.1. The van der Waals surface area contributed by atoms with Crippen LogP contribution in [-0.4, -0.2) is 74.9 Å². The van der Waals surface area contributed by atoms with E-state index in [-0.39, 0.29) is 32.0 Å². The van der Waals surface area contributed by atoms with E-state index in [9.17, 15) is 19.0 Å². The van der Waals surface area contributed by atoms with Crippen LogP contribution in [0.3, 0.4) is 0 Å². The molecule has 0 heterocycles. The van der Waals surface area contributed by atoms with Crippen molar-refractivity contribution in [1.82, 2.24) is 0 Å². The third-order valence-electron chi connectivity index (χ3n) is 12.3. The molecule has 10 heteroatoms. The molecule has 0 fully saturated rings. The van der Waals surface area contributed by atoms with Crippen LogP contribution in [0.1, 0.15) is 232 Å². The van der Waals surface area contributed by atoms with Crippen LogP contribution < -0.4 is 0 Å². The van der Waals surface area contributed by atoms with Crippen molar-refractivity contribution in [1.29, 1.82) is 0 Å². The zero-order valence-corrected chi connectivity index (χ0v) is 48.9. The van der Waals surface area contributed by atoms with E-state index in [2.05, 4.69) is 123 Å². The van der Waals surface area contributed by atoms with Gasteiger partial charge in [-0.1, -0.05) is 226 Å². The fourth-order valence-electron chi connectivity index (χ4n) is 7.73. The number of nitrogens with zero attached hydrogens (tertiary/aromatic N) is 1. The summed E-state index contributed by atoms with van der Waals surface area (Å²) in [5, 5.41) is 0. The zero-order chi connectivity index (χ0) is 54.2. The Morgan fingerprint density at radius 3 is 1.16 bits per heavy atom. The van der Waals surface area contributed by atoms with E-state index in [1.807, 2.05) is 21.1 Å². The lowest BCUT2D eigenvalue weighted by Crippen LogP contribution is -2.37. The molecule has 0 aliphatic carbocycles. The quantitative estimate of drug-likeness (QED) is 0.0211. The van der Waals surface area contributed by atoms with Gasteiger partial charge in [0, 0.05) is 12.8 Å². The Bertz CT molecular complexity index is 1620. The van der Waals surface area contributed by atoms with Crippen molar-refractivity contribution in [3.05, 3.63) is 109 Å². The number of quaternary nitrogens is 1. The molecule has 2 atom stereocenters. The molecule has 0 aromatic rings. The molecule has 0 radical (unpaired) electrons. The van der Waals surface area contributed by atoms with Gasteiger partial charge in [0.1, 0.15) is 19.8 Å². The number of phosphoric ester groups is 1. The van der Waals surface area contributed by atoms with Crippen LogP contribution in [0.4, 0.5) is 0 Å². The van der Waals surface area contributed by atoms with Gasteiger partial charge in [-0.25, -0.2) is 4.57 Å². The molecular formula is C64H111NO8P+. The average molecular weight is 1050 g/mol. The Morgan fingerprint density at radius 1 is 0.432 bits per heavy atom. The number of allylic oxidation sites excluding steroid dienone is 18. The molecule has 0 rings (SSSR count). The lowest BCUT2D eigenvalue weighted by molar-refractivity contribution is -0.870. The number of rotatable bonds is 53. The van der Waals surface area contributed by atoms with Crippen molar-refractivity contribution in [3.8, 4) is 0 Å². The number of esters is 2. The minimum Gasteiger partial charge on any atom is -0.462 e. The molecule has 0 aromatic heterocycles. The molecule has 74 heavy (non-hydrogen) atoms. The van der Waals surface area contributed by atoms with E-state index in [4.69, 9.17) is 18.5 Å². The summed E-state index contributed by atoms with van der Waals surface area (Å²) in [5.41, 5.74) is 0. The van der Waals surface area contributed by atoms with Gasteiger partial charge < -0.3 is 18.9 Å². The minimum atomic E-state index is -4.40. The molecule has 0 saturated heterocycles. The van der Waals surface area contributed by atoms with Gasteiger partial charge in [0.2, 0.25) is 0 Å². The van der Waals surface area contributed by atoms with Crippen LogP contribution in [0.15, 0.2) is 109 Å². The molecule has 0 bridgehead atoms. The number of hydrogen-bond donors (Lipinski definition) is 1. The van der Waals surface area contributed by atoms with Gasteiger partial charge in [-0.15, -0.1) is 0 Å². The first-order valence-corrected chi connectivity index (χ1v) is 31.1. The first-order chi connectivity index (χ1) is 36.0. The maximum atomic E-state index is 12.8. The van der Waals surface area contributed by atoms with Crippen LogP contribution in [-0.2, 0) is 32.7 Å². The molecule has 0 amide bonds. The average Bonchev–Trinajstić information content (AvgIpc) is 3.36. The summed E-state index contributed by atoms with van der Waals surface area (Å²) in [7, 11) is 1.45. The van der Waals surface area contributed by atoms with Crippen molar-refractivity contribution in [2.75, 3.05) is 47.5 Å². The van der Waals surface area contributed by atoms with Gasteiger partial charge in [0.05, 0.1) is 27.7 Å². The maximum absolute atomic E-state index is 12.8. The van der Waals surface area contributed by atoms with E-state index in [0.29, 0.717) is 17.4 Å². The zero-order valence-electron chi connectivity index (χ0n) is 48.0. The largest absolute Gasteiger partial charge is 0.472 e. The van der Waals surface area contributed by atoms with Crippen molar-refractivity contribution >= 4 is 19.8 Å². The van der Waals surface area contributed by atoms with Crippen molar-refractivity contribution in [2.45, 2.75) is 238 Å². The van der Waals surface area contributed by atoms with Crippen LogP contribution >= 0.6 is 7.82 Å². The third-order valence-corrected chi connectivity index (χ3v) is 13.3. The van der Waals surface area contributed by atoms with Crippen LogP contribution in [0.2, 0.25) is 0 Å². The molecule has 0 aliphatic heterocycles. The first-order valence-electron chi connectivity index (χ1n) is 29.6. The van der Waals surface area contributed by atoms with Gasteiger partial charge in [0.25, 0.3) is 0 Å². The predicted octanol–water partition coefficient (Wildman–Crippen LogP) is 18.6. The Hall–Kier alpha value is -3.33. The number of likely N-dealkylation sites (N-methyl/N-ethyl adjacent to an activating group) is 1. The third kappa shape index (κ3) is 57.9. The number of phosphoric acid groups is 1. The summed E-state index contributed by atoms with van der Waals surface area (Å²) in [5.74, 6) is -0.820. The molecule has 9 nitrogen and oxygen atoms in total. The Morgan fingerprint density at radius 2 is 0.770 bits per heavy atom. The van der Waals surface area contributed by atoms with Gasteiger partial charge in [-0.2, -0.15) is 0 Å². The number of ether oxygens (including phenoxy) is 2. The fourth-order valence-corrected chi connectivity index (χ4v) is 8.47. The Labute approximate surface area is 455 Å². The minimum absolute atomic E-state index is 0.0229. The van der Waals surface area contributed by atoms with Crippen molar-refractivity contribution < 1.29 is 42.1 Å². The second kappa shape index (κ2) is 54.5. The van der Waals surface area contributed by atoms with E-state index < -0.39 is 26.5 Å². The number of unbranched alkanes of at least 4 members (excludes halogenated alkanes) is 21. The molecule has 0 aliphatic rings. The summed E-state index contributed by atoms with van der Waals surface area (Å²) in [6.07, 6.45) is 75.8. The standard InChI is InChI=1S/C64H110NO8P/c1-6-8-10-12-14-16-18-20-22-24-26-27-28-29-30-31-32-33-34-35-36-37-39-41-43-45-47-49-51-53-55-57-64(67)73-62(61-72-74(68,69)71-59-58-65(3,4)5)60-70-63(66)56-54-52-50-48-46-44-42-40-38-25-23-21-19-17-15-13-11-9-7-2/h8,10,14,16,20-23,26-27,29-30,32-33,35-36,39,41,62H,6-7,9,11-13,15,17-19,24-25,28,31,34,37-38,40,42-61H2,1-5H3/p+1/b10-8-,16-14-,22-20-,23-21-,27-26-,30-29-,33-32-,36-35-,41-39-. The highest BCUT2D eigenvalue weighted by atomic mass is 31.2. The first kappa shape index (κ1) is 70.7. The van der Waals surface area contributed by atoms with E-state index in [1.54, 1.807) is 0 Å². The number of hydrogen-bond acceptors (Lipinski definition) is 7. The van der Waals surface area contributed by atoms with E-state index in [1.165, 1.54) is 89.9 Å². The summed E-state index contributed by atoms with van der Waals surface area (Å²) in [6.45, 7) is 4.29. The maximum Gasteiger partial charge on any atom is 0.472 e. The van der Waals surface area contributed by atoms with Gasteiger partial charge in [-0.05, 0) is 103 Å². The predicted molar refractivity (Wildman–Crippen MR) is 316 cm³/mol. The molecule has 1 N–H and O–H groups in total. The van der Waals surface area contributed by atoms with Crippen molar-refractivity contribution in [2.24, 2.45) is 0 Å². The summed E-state index contributed by atoms with van der Waals surface area (Å²) in [4.78, 5) is 35.7. The molecule has 0 spiro atoms. The lowest BCUT2D eigenvalue weighted by Gasteiger charge is -2.24. The van der Waals surface area contributed by atoms with Crippen LogP contribution in [0.5, 0.6) is 0 Å². The van der Waals surface area contributed by atoms with E-state index >= 15 is 0 Å². The molecule has 424 valence electrons. The fraction of sp³-hybridized carbons (Fsp3) is 0.688. The monoisotopic (exact) mass is 1050 g/mol. The summed E-state index contributed by atoms with van der Waals surface area (Å²) >= 11 is 0. The molecule has 0 aromatic carbocycles. The number of carbonyl (C=O) groups excluding carboxylic acids is 2. The smallest absolute Gasteiger partial charge is 0.462 e. The Kier molecular flexibility index (Phi) is 52.0. The molecule has 2 unspecified atom stereocenters. The lowest BCUT2D eigenvalue weighted by atomic mass is 10.1. The SMILES string of the molecule is CC/C=C\C/C=C\C/C=C\C/C=C\C/C=C\C/C=C\C/C=C\C/C=C\CCCCCCCCC(=O)OC(COC(=O)CCCCCCCCCCC/C=C\CCCCCCCC)COP(=O)(O)OCC[N+](C)(C)C.